The third-order valence-electron chi connectivity index (χ3n) is 5.46. The lowest BCUT2D eigenvalue weighted by molar-refractivity contribution is 0.287. The second-order valence-electron chi connectivity index (χ2n) is 7.79. The zero-order valence-corrected chi connectivity index (χ0v) is 18.5. The molecule has 2 aromatic carbocycles. The molecule has 0 unspecified atom stereocenters. The number of aryl methyl sites for hydroxylation is 2. The van der Waals surface area contributed by atoms with Crippen LogP contribution in [-0.4, -0.2) is 45.1 Å². The summed E-state index contributed by atoms with van der Waals surface area (Å²) >= 11 is 1.81. The van der Waals surface area contributed by atoms with Crippen molar-refractivity contribution >= 4 is 11.8 Å². The van der Waals surface area contributed by atoms with Crippen LogP contribution in [-0.2, 0) is 19.6 Å². The van der Waals surface area contributed by atoms with E-state index in [0.717, 1.165) is 42.0 Å². The van der Waals surface area contributed by atoms with Crippen molar-refractivity contribution in [3.63, 3.8) is 0 Å². The Hall–Kier alpha value is -2.31. The third-order valence-corrected chi connectivity index (χ3v) is 6.40. The molecule has 0 atom stereocenters. The van der Waals surface area contributed by atoms with Gasteiger partial charge in [0.15, 0.2) is 11.0 Å². The first-order valence-corrected chi connectivity index (χ1v) is 11.8. The van der Waals surface area contributed by atoms with Crippen LogP contribution in [0, 0.1) is 6.92 Å². The Morgan fingerprint density at radius 3 is 2.60 bits per heavy atom. The Kier molecular flexibility index (Phi) is 7.43. The van der Waals surface area contributed by atoms with Gasteiger partial charge in [-0.15, -0.1) is 10.2 Å². The van der Waals surface area contributed by atoms with Crippen LogP contribution in [0.15, 0.2) is 59.8 Å². The Bertz CT molecular complexity index is 922. The zero-order chi connectivity index (χ0) is 20.6. The van der Waals surface area contributed by atoms with Gasteiger partial charge >= 0.3 is 0 Å². The smallest absolute Gasteiger partial charge is 0.191 e. The first kappa shape index (κ1) is 20.9. The first-order valence-electron chi connectivity index (χ1n) is 10.8. The van der Waals surface area contributed by atoms with Gasteiger partial charge < -0.3 is 14.2 Å². The molecule has 0 saturated carbocycles. The molecule has 5 nitrogen and oxygen atoms in total. The van der Waals surface area contributed by atoms with Crippen LogP contribution >= 0.6 is 11.8 Å². The van der Waals surface area contributed by atoms with E-state index in [2.05, 4.69) is 69.1 Å². The second kappa shape index (κ2) is 10.6. The molecular weight excluding hydrogens is 392 g/mol. The molecule has 0 spiro atoms. The molecule has 1 aromatic heterocycles. The maximum Gasteiger partial charge on any atom is 0.191 e. The van der Waals surface area contributed by atoms with Crippen LogP contribution in [0.3, 0.4) is 0 Å². The standard InChI is InChI=1S/C24H30N4OS/c1-20-8-7-11-22(18-20)29-19-23-25-26-24(30-17-16-27-13-5-6-14-27)28(23)15-12-21-9-3-2-4-10-21/h2-4,7-11,18H,5-6,12-17,19H2,1H3. The number of hydrogen-bond acceptors (Lipinski definition) is 5. The maximum atomic E-state index is 6.02. The minimum atomic E-state index is 0.429. The average Bonchev–Trinajstić information content (AvgIpc) is 3.42. The molecule has 1 saturated heterocycles. The molecule has 0 N–H and O–H groups in total. The van der Waals surface area contributed by atoms with Crippen LogP contribution in [0.5, 0.6) is 5.75 Å². The van der Waals surface area contributed by atoms with E-state index in [1.165, 1.54) is 37.1 Å². The highest BCUT2D eigenvalue weighted by Crippen LogP contribution is 2.21. The predicted octanol–water partition coefficient (Wildman–Crippen LogP) is 4.60. The summed E-state index contributed by atoms with van der Waals surface area (Å²) in [7, 11) is 0. The number of aromatic nitrogens is 3. The van der Waals surface area contributed by atoms with Crippen LogP contribution in [0.2, 0.25) is 0 Å². The highest BCUT2D eigenvalue weighted by Gasteiger charge is 2.15. The number of nitrogens with zero attached hydrogens (tertiary/aromatic N) is 4. The van der Waals surface area contributed by atoms with E-state index < -0.39 is 0 Å². The molecule has 0 aliphatic carbocycles. The minimum Gasteiger partial charge on any atom is -0.486 e. The van der Waals surface area contributed by atoms with Crippen LogP contribution < -0.4 is 4.74 Å². The lowest BCUT2D eigenvalue weighted by atomic mass is 10.1. The van der Waals surface area contributed by atoms with Gasteiger partial charge in [-0.25, -0.2) is 0 Å². The van der Waals surface area contributed by atoms with Crippen molar-refractivity contribution in [1.29, 1.82) is 0 Å². The highest BCUT2D eigenvalue weighted by atomic mass is 32.2. The maximum absolute atomic E-state index is 6.02. The van der Waals surface area contributed by atoms with E-state index in [1.54, 1.807) is 11.8 Å². The predicted molar refractivity (Wildman–Crippen MR) is 122 cm³/mol. The molecule has 1 aliphatic heterocycles. The molecule has 0 radical (unpaired) electrons. The summed E-state index contributed by atoms with van der Waals surface area (Å²) in [5.74, 6) is 2.80. The second-order valence-corrected chi connectivity index (χ2v) is 8.85. The first-order chi connectivity index (χ1) is 14.8. The fourth-order valence-corrected chi connectivity index (χ4v) is 4.75. The third kappa shape index (κ3) is 5.86. The van der Waals surface area contributed by atoms with Gasteiger partial charge in [0.25, 0.3) is 0 Å². The molecule has 0 bridgehead atoms. The Morgan fingerprint density at radius 2 is 1.80 bits per heavy atom. The van der Waals surface area contributed by atoms with Crippen molar-refractivity contribution in [1.82, 2.24) is 19.7 Å². The lowest BCUT2D eigenvalue weighted by Gasteiger charge is -2.14. The highest BCUT2D eigenvalue weighted by molar-refractivity contribution is 7.99. The molecule has 30 heavy (non-hydrogen) atoms. The summed E-state index contributed by atoms with van der Waals surface area (Å²) in [5, 5.41) is 9.96. The van der Waals surface area contributed by atoms with Gasteiger partial charge in [-0.05, 0) is 62.5 Å². The van der Waals surface area contributed by atoms with Gasteiger partial charge in [-0.1, -0.05) is 54.2 Å². The summed E-state index contributed by atoms with van der Waals surface area (Å²) < 4.78 is 8.26. The van der Waals surface area contributed by atoms with Gasteiger partial charge in [-0.3, -0.25) is 0 Å². The van der Waals surface area contributed by atoms with Crippen molar-refractivity contribution < 1.29 is 4.74 Å². The van der Waals surface area contributed by atoms with E-state index in [4.69, 9.17) is 4.74 Å². The molecule has 0 amide bonds. The molecular formula is C24H30N4OS. The van der Waals surface area contributed by atoms with Crippen molar-refractivity contribution in [2.45, 2.75) is 44.5 Å². The molecule has 158 valence electrons. The quantitative estimate of drug-likeness (QED) is 0.447. The summed E-state index contributed by atoms with van der Waals surface area (Å²) in [4.78, 5) is 2.54. The largest absolute Gasteiger partial charge is 0.486 e. The summed E-state index contributed by atoms with van der Waals surface area (Å²) in [6.07, 6.45) is 3.62. The minimum absolute atomic E-state index is 0.429. The number of hydrogen-bond donors (Lipinski definition) is 0. The summed E-state index contributed by atoms with van der Waals surface area (Å²) in [5.41, 5.74) is 2.51. The van der Waals surface area contributed by atoms with E-state index >= 15 is 0 Å². The number of rotatable bonds is 10. The van der Waals surface area contributed by atoms with E-state index in [0.29, 0.717) is 6.61 Å². The Morgan fingerprint density at radius 1 is 0.967 bits per heavy atom. The summed E-state index contributed by atoms with van der Waals surface area (Å²) in [6.45, 7) is 6.94. The van der Waals surface area contributed by atoms with Crippen LogP contribution in [0.4, 0.5) is 0 Å². The molecule has 2 heterocycles. The van der Waals surface area contributed by atoms with E-state index in [-0.39, 0.29) is 0 Å². The summed E-state index contributed by atoms with van der Waals surface area (Å²) in [6, 6.07) is 18.7. The van der Waals surface area contributed by atoms with Gasteiger partial charge in [0.05, 0.1) is 0 Å². The average molecular weight is 423 g/mol. The molecule has 4 rings (SSSR count). The number of likely N-dealkylation sites (tertiary alicyclic amines) is 1. The normalized spacial score (nSPS) is 14.3. The fourth-order valence-electron chi connectivity index (χ4n) is 3.77. The number of benzene rings is 2. The van der Waals surface area contributed by atoms with Crippen molar-refractivity contribution in [2.24, 2.45) is 0 Å². The SMILES string of the molecule is Cc1cccc(OCc2nnc(SCCN3CCCC3)n2CCc2ccccc2)c1. The topological polar surface area (TPSA) is 43.2 Å². The molecule has 6 heteroatoms. The van der Waals surface area contributed by atoms with Gasteiger partial charge in [0.1, 0.15) is 12.4 Å². The number of thioether (sulfide) groups is 1. The van der Waals surface area contributed by atoms with E-state index in [1.807, 2.05) is 12.1 Å². The fraction of sp³-hybridized carbons (Fsp3) is 0.417. The number of ether oxygens (including phenoxy) is 1. The molecule has 1 fully saturated rings. The van der Waals surface area contributed by atoms with Crippen molar-refractivity contribution in [3.8, 4) is 5.75 Å². The lowest BCUT2D eigenvalue weighted by Crippen LogP contribution is -2.22. The van der Waals surface area contributed by atoms with Crippen molar-refractivity contribution in [2.75, 3.05) is 25.4 Å². The van der Waals surface area contributed by atoms with Gasteiger partial charge in [0.2, 0.25) is 0 Å². The van der Waals surface area contributed by atoms with Gasteiger partial charge in [-0.2, -0.15) is 0 Å². The van der Waals surface area contributed by atoms with Crippen LogP contribution in [0.1, 0.15) is 29.8 Å². The Balaban J connectivity index is 1.42. The molecule has 1 aliphatic rings. The molecule has 3 aromatic rings. The Labute approximate surface area is 183 Å². The van der Waals surface area contributed by atoms with E-state index in [9.17, 15) is 0 Å². The van der Waals surface area contributed by atoms with Crippen molar-refractivity contribution in [3.05, 3.63) is 71.5 Å². The zero-order valence-electron chi connectivity index (χ0n) is 17.7. The van der Waals surface area contributed by atoms with Crippen LogP contribution in [0.25, 0.3) is 0 Å². The van der Waals surface area contributed by atoms with Gasteiger partial charge in [0, 0.05) is 18.8 Å². The monoisotopic (exact) mass is 422 g/mol.